The van der Waals surface area contributed by atoms with Crippen LogP contribution in [0.4, 0.5) is 0 Å². The summed E-state index contributed by atoms with van der Waals surface area (Å²) >= 11 is 4.35. The molecule has 4 heteroatoms. The molecule has 0 aromatic rings. The fourth-order valence-electron chi connectivity index (χ4n) is 3.11. The fourth-order valence-corrected chi connectivity index (χ4v) is 11.8. The summed E-state index contributed by atoms with van der Waals surface area (Å²) in [5, 5.41) is 7.03. The van der Waals surface area contributed by atoms with Crippen molar-refractivity contribution in [1.29, 1.82) is 0 Å². The number of unbranched alkanes of at least 4 members (excludes halogenated alkanes) is 4. The molecular formula is C17H36BrO2P. The number of carboxylic acid groups (broad SMARTS) is 1. The summed E-state index contributed by atoms with van der Waals surface area (Å²) in [6.07, 6.45) is 15.3. The summed E-state index contributed by atoms with van der Waals surface area (Å²) in [5.74, 6) is -0.652. The zero-order valence-corrected chi connectivity index (χ0v) is 16.9. The number of hydrogen-bond donors (Lipinski definition) is 1. The van der Waals surface area contributed by atoms with Crippen LogP contribution in [-0.2, 0) is 4.79 Å². The normalized spacial score (nSPS) is 13.8. The summed E-state index contributed by atoms with van der Waals surface area (Å²) in [4.78, 5) is 10.7. The molecule has 0 saturated heterocycles. The van der Waals surface area contributed by atoms with Crippen molar-refractivity contribution in [2.24, 2.45) is 0 Å². The predicted molar refractivity (Wildman–Crippen MR) is 102 cm³/mol. The van der Waals surface area contributed by atoms with Gasteiger partial charge >= 0.3 is 140 Å². The van der Waals surface area contributed by atoms with Crippen molar-refractivity contribution in [2.45, 2.75) is 78.6 Å². The van der Waals surface area contributed by atoms with E-state index >= 15 is 0 Å². The number of halogens is 1. The van der Waals surface area contributed by atoms with Crippen LogP contribution in [0.25, 0.3) is 0 Å². The number of rotatable bonds is 14. The first-order chi connectivity index (χ1) is 9.90. The molecule has 0 aromatic carbocycles. The van der Waals surface area contributed by atoms with Crippen molar-refractivity contribution in [1.82, 2.24) is 0 Å². The maximum atomic E-state index is 10.7. The van der Waals surface area contributed by atoms with Gasteiger partial charge in [-0.3, -0.25) is 0 Å². The van der Waals surface area contributed by atoms with Crippen molar-refractivity contribution in [2.75, 3.05) is 24.6 Å². The van der Waals surface area contributed by atoms with E-state index < -0.39 is 11.3 Å². The van der Waals surface area contributed by atoms with Gasteiger partial charge in [-0.15, -0.1) is 0 Å². The zero-order chi connectivity index (χ0) is 16.2. The van der Waals surface area contributed by atoms with Crippen LogP contribution in [0.5, 0.6) is 0 Å². The van der Waals surface area contributed by atoms with Gasteiger partial charge in [0.15, 0.2) is 0 Å². The molecular weight excluding hydrogens is 347 g/mol. The molecule has 0 aliphatic heterocycles. The van der Waals surface area contributed by atoms with Crippen LogP contribution in [0.1, 0.15) is 78.6 Å². The monoisotopic (exact) mass is 382 g/mol. The average molecular weight is 383 g/mol. The molecule has 0 radical (unpaired) electrons. The summed E-state index contributed by atoms with van der Waals surface area (Å²) in [6.45, 7) is 6.83. The van der Waals surface area contributed by atoms with Gasteiger partial charge in [-0.2, -0.15) is 0 Å². The van der Waals surface area contributed by atoms with E-state index in [1.807, 2.05) is 0 Å². The Morgan fingerprint density at radius 3 is 1.52 bits per heavy atom. The molecule has 0 unspecified atom stereocenters. The Bertz CT molecular complexity index is 270. The second-order valence-electron chi connectivity index (χ2n) is 6.63. The van der Waals surface area contributed by atoms with Gasteiger partial charge in [0.05, 0.1) is 0 Å². The van der Waals surface area contributed by atoms with Gasteiger partial charge in [-0.05, 0) is 0 Å². The predicted octanol–water partition coefficient (Wildman–Crippen LogP) is 6.50. The minimum atomic E-state index is -1.80. The summed E-state index contributed by atoms with van der Waals surface area (Å²) in [5.41, 5.74) is 0. The Balaban J connectivity index is 4.81. The molecule has 0 saturated carbocycles. The minimum absolute atomic E-state index is 0.328. The van der Waals surface area contributed by atoms with E-state index in [1.165, 1.54) is 63.2 Å². The average Bonchev–Trinajstić information content (AvgIpc) is 2.46. The van der Waals surface area contributed by atoms with Crippen molar-refractivity contribution in [3.63, 3.8) is 0 Å². The van der Waals surface area contributed by atoms with E-state index in [2.05, 4.69) is 36.3 Å². The molecule has 0 fully saturated rings. The Morgan fingerprint density at radius 1 is 0.810 bits per heavy atom. The standard InChI is InChI=1S/C17H36BrO2P/c1-4-7-13-21(18,14-8-5-2,15-9-6-3)16-11-10-12-17(19)20/h4-16H2,1-3H3,(H,19,20). The molecule has 1 N–H and O–H groups in total. The van der Waals surface area contributed by atoms with Crippen LogP contribution in [-0.4, -0.2) is 35.7 Å². The van der Waals surface area contributed by atoms with Crippen molar-refractivity contribution in [3.05, 3.63) is 0 Å². The second-order valence-corrected chi connectivity index (χ2v) is 18.1. The molecule has 21 heavy (non-hydrogen) atoms. The maximum absolute atomic E-state index is 10.7. The fraction of sp³-hybridized carbons (Fsp3) is 0.941. The van der Waals surface area contributed by atoms with Crippen LogP contribution in [0.15, 0.2) is 0 Å². The number of carboxylic acids is 1. The Labute approximate surface area is 140 Å². The first-order valence-electron chi connectivity index (χ1n) is 8.84. The summed E-state index contributed by atoms with van der Waals surface area (Å²) in [6, 6.07) is 0. The molecule has 2 nitrogen and oxygen atoms in total. The summed E-state index contributed by atoms with van der Waals surface area (Å²) in [7, 11) is 0. The van der Waals surface area contributed by atoms with Gasteiger partial charge in [0, 0.05) is 0 Å². The quantitative estimate of drug-likeness (QED) is 0.274. The van der Waals surface area contributed by atoms with E-state index in [9.17, 15) is 4.79 Å². The van der Waals surface area contributed by atoms with Crippen molar-refractivity contribution < 1.29 is 9.90 Å². The molecule has 0 aliphatic rings. The van der Waals surface area contributed by atoms with Gasteiger partial charge in [0.1, 0.15) is 0 Å². The van der Waals surface area contributed by atoms with Crippen LogP contribution in [0, 0.1) is 0 Å². The number of aliphatic carboxylic acids is 1. The van der Waals surface area contributed by atoms with Gasteiger partial charge in [0.25, 0.3) is 0 Å². The van der Waals surface area contributed by atoms with Gasteiger partial charge < -0.3 is 0 Å². The molecule has 0 aromatic heterocycles. The van der Waals surface area contributed by atoms with E-state index in [-0.39, 0.29) is 0 Å². The summed E-state index contributed by atoms with van der Waals surface area (Å²) < 4.78 is 0. The molecule has 0 spiro atoms. The Morgan fingerprint density at radius 2 is 1.19 bits per heavy atom. The van der Waals surface area contributed by atoms with Gasteiger partial charge in [0.2, 0.25) is 0 Å². The first kappa shape index (κ1) is 21.4. The van der Waals surface area contributed by atoms with Gasteiger partial charge in [-0.25, -0.2) is 0 Å². The molecule has 0 atom stereocenters. The third-order valence-corrected chi connectivity index (χ3v) is 14.6. The number of carbonyl (C=O) groups is 1. The molecule has 0 rings (SSSR count). The van der Waals surface area contributed by atoms with Crippen LogP contribution in [0.3, 0.4) is 0 Å². The third kappa shape index (κ3) is 9.18. The Kier molecular flexibility index (Phi) is 11.2. The second kappa shape index (κ2) is 11.0. The van der Waals surface area contributed by atoms with Crippen LogP contribution in [0.2, 0.25) is 0 Å². The van der Waals surface area contributed by atoms with Crippen molar-refractivity contribution >= 4 is 26.8 Å². The SMILES string of the molecule is CCCCP(Br)(CCCC)(CCCC)CCCCC(=O)O. The van der Waals surface area contributed by atoms with Gasteiger partial charge in [-0.1, -0.05) is 0 Å². The van der Waals surface area contributed by atoms with E-state index in [1.54, 1.807) is 0 Å². The molecule has 0 heterocycles. The molecule has 0 aliphatic carbocycles. The zero-order valence-electron chi connectivity index (χ0n) is 14.4. The molecule has 0 amide bonds. The van der Waals surface area contributed by atoms with Crippen LogP contribution < -0.4 is 0 Å². The third-order valence-electron chi connectivity index (χ3n) is 4.57. The van der Waals surface area contributed by atoms with E-state index in [0.717, 1.165) is 12.8 Å². The molecule has 0 bridgehead atoms. The first-order valence-corrected chi connectivity index (χ1v) is 13.8. The number of hydrogen-bond acceptors (Lipinski definition) is 1. The Hall–Kier alpha value is 0.380. The van der Waals surface area contributed by atoms with E-state index in [0.29, 0.717) is 6.42 Å². The van der Waals surface area contributed by atoms with Crippen LogP contribution >= 0.6 is 20.8 Å². The van der Waals surface area contributed by atoms with E-state index in [4.69, 9.17) is 5.11 Å². The molecule has 128 valence electrons. The van der Waals surface area contributed by atoms with Crippen molar-refractivity contribution in [3.8, 4) is 0 Å². The topological polar surface area (TPSA) is 37.3 Å².